The van der Waals surface area contributed by atoms with Gasteiger partial charge in [0.05, 0.1) is 5.69 Å². The fourth-order valence-corrected chi connectivity index (χ4v) is 1.55. The number of carbonyl (C=O) groups is 2. The Morgan fingerprint density at radius 3 is 2.47 bits per heavy atom. The lowest BCUT2D eigenvalue weighted by molar-refractivity contribution is -0.123. The number of carbonyl (C=O) groups excluding carboxylic acids is 2. The lowest BCUT2D eigenvalue weighted by Gasteiger charge is -2.21. The highest BCUT2D eigenvalue weighted by Crippen LogP contribution is 2.18. The SMILES string of the molecule is CC(=O)N(CC(=O)NCC(C)C)c1ccccc1F. The minimum Gasteiger partial charge on any atom is -0.354 e. The highest BCUT2D eigenvalue weighted by atomic mass is 19.1. The Morgan fingerprint density at radius 1 is 1.32 bits per heavy atom. The molecule has 1 rings (SSSR count). The minimum atomic E-state index is -0.519. The van der Waals surface area contributed by atoms with Gasteiger partial charge in [-0.2, -0.15) is 0 Å². The van der Waals surface area contributed by atoms with Crippen LogP contribution in [0, 0.1) is 11.7 Å². The molecule has 4 nitrogen and oxygen atoms in total. The fourth-order valence-electron chi connectivity index (χ4n) is 1.55. The van der Waals surface area contributed by atoms with E-state index in [9.17, 15) is 14.0 Å². The van der Waals surface area contributed by atoms with E-state index in [-0.39, 0.29) is 24.0 Å². The zero-order chi connectivity index (χ0) is 14.4. The van der Waals surface area contributed by atoms with Crippen LogP contribution < -0.4 is 10.2 Å². The first-order chi connectivity index (χ1) is 8.91. The lowest BCUT2D eigenvalue weighted by atomic mass is 10.2. The van der Waals surface area contributed by atoms with Crippen LogP contribution in [0.2, 0.25) is 0 Å². The number of halogens is 1. The van der Waals surface area contributed by atoms with Crippen LogP contribution in [-0.4, -0.2) is 24.9 Å². The molecule has 104 valence electrons. The van der Waals surface area contributed by atoms with Crippen LogP contribution in [0.3, 0.4) is 0 Å². The second kappa shape index (κ2) is 6.87. The number of nitrogens with one attached hydrogen (secondary N) is 1. The van der Waals surface area contributed by atoms with Gasteiger partial charge in [-0.1, -0.05) is 26.0 Å². The van der Waals surface area contributed by atoms with Crippen molar-refractivity contribution in [2.24, 2.45) is 5.92 Å². The fraction of sp³-hybridized carbons (Fsp3) is 0.429. The summed E-state index contributed by atoms with van der Waals surface area (Å²) in [5.41, 5.74) is 0.120. The summed E-state index contributed by atoms with van der Waals surface area (Å²) in [4.78, 5) is 24.4. The number of para-hydroxylation sites is 1. The lowest BCUT2D eigenvalue weighted by Crippen LogP contribution is -2.41. The molecule has 0 unspecified atom stereocenters. The third-order valence-corrected chi connectivity index (χ3v) is 2.53. The van der Waals surface area contributed by atoms with Gasteiger partial charge in [0.2, 0.25) is 11.8 Å². The molecule has 0 fully saturated rings. The van der Waals surface area contributed by atoms with E-state index in [2.05, 4.69) is 5.32 Å². The zero-order valence-electron chi connectivity index (χ0n) is 11.4. The van der Waals surface area contributed by atoms with Gasteiger partial charge in [0.25, 0.3) is 0 Å². The molecule has 0 heterocycles. The standard InChI is InChI=1S/C14H19FN2O2/c1-10(2)8-16-14(19)9-17(11(3)18)13-7-5-4-6-12(13)15/h4-7,10H,8-9H2,1-3H3,(H,16,19). The van der Waals surface area contributed by atoms with E-state index in [1.54, 1.807) is 6.07 Å². The molecular weight excluding hydrogens is 247 g/mol. The molecule has 1 aromatic carbocycles. The molecule has 1 aromatic rings. The normalized spacial score (nSPS) is 10.4. The van der Waals surface area contributed by atoms with Gasteiger partial charge in [-0.25, -0.2) is 4.39 Å². The highest BCUT2D eigenvalue weighted by molar-refractivity contribution is 5.97. The molecule has 0 aromatic heterocycles. The minimum absolute atomic E-state index is 0.120. The molecule has 19 heavy (non-hydrogen) atoms. The summed E-state index contributed by atoms with van der Waals surface area (Å²) >= 11 is 0. The van der Waals surface area contributed by atoms with Crippen LogP contribution >= 0.6 is 0 Å². The van der Waals surface area contributed by atoms with E-state index < -0.39 is 5.82 Å². The first kappa shape index (κ1) is 15.1. The van der Waals surface area contributed by atoms with Crippen molar-refractivity contribution in [2.75, 3.05) is 18.0 Å². The highest BCUT2D eigenvalue weighted by Gasteiger charge is 2.18. The predicted octanol–water partition coefficient (Wildman–Crippen LogP) is 1.95. The first-order valence-corrected chi connectivity index (χ1v) is 6.21. The second-order valence-corrected chi connectivity index (χ2v) is 4.75. The Morgan fingerprint density at radius 2 is 1.95 bits per heavy atom. The van der Waals surface area contributed by atoms with E-state index >= 15 is 0 Å². The Labute approximate surface area is 112 Å². The van der Waals surface area contributed by atoms with Crippen LogP contribution in [0.4, 0.5) is 10.1 Å². The predicted molar refractivity (Wildman–Crippen MR) is 72.3 cm³/mol. The van der Waals surface area contributed by atoms with Crippen molar-refractivity contribution in [3.63, 3.8) is 0 Å². The van der Waals surface area contributed by atoms with E-state index in [1.807, 2.05) is 13.8 Å². The summed E-state index contributed by atoms with van der Waals surface area (Å²) in [5, 5.41) is 2.70. The number of anilines is 1. The number of hydrogen-bond acceptors (Lipinski definition) is 2. The maximum Gasteiger partial charge on any atom is 0.240 e. The maximum absolute atomic E-state index is 13.6. The van der Waals surface area contributed by atoms with Crippen molar-refractivity contribution in [3.05, 3.63) is 30.1 Å². The topological polar surface area (TPSA) is 49.4 Å². The van der Waals surface area contributed by atoms with Gasteiger partial charge in [0.15, 0.2) is 0 Å². The number of rotatable bonds is 5. The molecule has 1 N–H and O–H groups in total. The number of benzene rings is 1. The van der Waals surface area contributed by atoms with Crippen LogP contribution in [0.5, 0.6) is 0 Å². The van der Waals surface area contributed by atoms with E-state index in [0.717, 1.165) is 4.90 Å². The second-order valence-electron chi connectivity index (χ2n) is 4.75. The molecule has 0 atom stereocenters. The van der Waals surface area contributed by atoms with Gasteiger partial charge in [-0.3, -0.25) is 9.59 Å². The largest absolute Gasteiger partial charge is 0.354 e. The summed E-state index contributed by atoms with van der Waals surface area (Å²) in [6.45, 7) is 5.60. The van der Waals surface area contributed by atoms with Gasteiger partial charge in [0.1, 0.15) is 12.4 Å². The van der Waals surface area contributed by atoms with Gasteiger partial charge < -0.3 is 10.2 Å². The van der Waals surface area contributed by atoms with Crippen molar-refractivity contribution in [1.82, 2.24) is 5.32 Å². The smallest absolute Gasteiger partial charge is 0.240 e. The summed E-state index contributed by atoms with van der Waals surface area (Å²) in [5.74, 6) is -0.866. The van der Waals surface area contributed by atoms with Crippen LogP contribution in [0.1, 0.15) is 20.8 Å². The molecule has 0 aliphatic rings. The Hall–Kier alpha value is -1.91. The van der Waals surface area contributed by atoms with Crippen molar-refractivity contribution in [3.8, 4) is 0 Å². The van der Waals surface area contributed by atoms with Crippen LogP contribution in [0.15, 0.2) is 24.3 Å². The molecule has 0 saturated heterocycles. The monoisotopic (exact) mass is 266 g/mol. The number of nitrogens with zero attached hydrogens (tertiary/aromatic N) is 1. The molecule has 0 saturated carbocycles. The summed E-state index contributed by atoms with van der Waals surface area (Å²) < 4.78 is 13.6. The van der Waals surface area contributed by atoms with Gasteiger partial charge >= 0.3 is 0 Å². The average molecular weight is 266 g/mol. The van der Waals surface area contributed by atoms with Crippen molar-refractivity contribution < 1.29 is 14.0 Å². The van der Waals surface area contributed by atoms with Crippen LogP contribution in [0.25, 0.3) is 0 Å². The number of amides is 2. The Kier molecular flexibility index (Phi) is 5.48. The molecule has 0 spiro atoms. The molecular formula is C14H19FN2O2. The van der Waals surface area contributed by atoms with Crippen molar-refractivity contribution in [1.29, 1.82) is 0 Å². The maximum atomic E-state index is 13.6. The van der Waals surface area contributed by atoms with E-state index in [1.165, 1.54) is 25.1 Å². The molecule has 0 radical (unpaired) electrons. The third-order valence-electron chi connectivity index (χ3n) is 2.53. The van der Waals surface area contributed by atoms with E-state index in [4.69, 9.17) is 0 Å². The molecule has 0 aliphatic heterocycles. The Balaban J connectivity index is 2.77. The van der Waals surface area contributed by atoms with Gasteiger partial charge in [-0.15, -0.1) is 0 Å². The van der Waals surface area contributed by atoms with Gasteiger partial charge in [0, 0.05) is 13.5 Å². The summed E-state index contributed by atoms with van der Waals surface area (Å²) in [7, 11) is 0. The Bertz CT molecular complexity index is 461. The van der Waals surface area contributed by atoms with Crippen molar-refractivity contribution >= 4 is 17.5 Å². The average Bonchev–Trinajstić information content (AvgIpc) is 2.34. The molecule has 0 aliphatic carbocycles. The number of hydrogen-bond donors (Lipinski definition) is 1. The first-order valence-electron chi connectivity index (χ1n) is 6.21. The molecule has 5 heteroatoms. The molecule has 2 amide bonds. The van der Waals surface area contributed by atoms with E-state index in [0.29, 0.717) is 12.5 Å². The van der Waals surface area contributed by atoms with Crippen molar-refractivity contribution in [2.45, 2.75) is 20.8 Å². The summed E-state index contributed by atoms with van der Waals surface area (Å²) in [6.07, 6.45) is 0. The van der Waals surface area contributed by atoms with Crippen LogP contribution in [-0.2, 0) is 9.59 Å². The van der Waals surface area contributed by atoms with Gasteiger partial charge in [-0.05, 0) is 18.1 Å². The third kappa shape index (κ3) is 4.69. The summed E-state index contributed by atoms with van der Waals surface area (Å²) in [6, 6.07) is 5.90. The molecule has 0 bridgehead atoms. The quantitative estimate of drug-likeness (QED) is 0.885. The zero-order valence-corrected chi connectivity index (χ0v) is 11.4.